The first kappa shape index (κ1) is 49.8. The Morgan fingerprint density at radius 3 is 2.58 bits per heavy atom. The van der Waals surface area contributed by atoms with Crippen molar-refractivity contribution >= 4 is 5.96 Å². The highest BCUT2D eigenvalue weighted by molar-refractivity contribution is 5.77. The average molecular weight is 891 g/mol. The van der Waals surface area contributed by atoms with Gasteiger partial charge in [0.2, 0.25) is 0 Å². The number of aromatic nitrogens is 1. The number of guanidine groups is 1. The van der Waals surface area contributed by atoms with Gasteiger partial charge in [0.15, 0.2) is 17.5 Å². The fourth-order valence-electron chi connectivity index (χ4n) is 11.3. The lowest BCUT2D eigenvalue weighted by atomic mass is 9.72. The summed E-state index contributed by atoms with van der Waals surface area (Å²) in [5, 5.41) is 59.2. The molecule has 0 saturated heterocycles. The van der Waals surface area contributed by atoms with E-state index in [-0.39, 0.29) is 37.5 Å². The number of H-pyrrole nitrogens is 1. The van der Waals surface area contributed by atoms with E-state index in [4.69, 9.17) is 20.6 Å². The molecule has 358 valence electrons. The van der Waals surface area contributed by atoms with Gasteiger partial charge in [0.1, 0.15) is 24.2 Å². The lowest BCUT2D eigenvalue weighted by molar-refractivity contribution is 0.103. The molecule has 0 spiro atoms. The number of nitrogens with zero attached hydrogens (tertiary/aromatic N) is 1. The van der Waals surface area contributed by atoms with Crippen LogP contribution < -0.4 is 26.8 Å². The molecule has 13 heteroatoms. The van der Waals surface area contributed by atoms with E-state index in [1.165, 1.54) is 31.2 Å². The molecule has 2 aromatic heterocycles. The summed E-state index contributed by atoms with van der Waals surface area (Å²) < 4.78 is 12.4. The standard InChI is InChI=1S/C51H82N6O7/c1-32(28-56-51(53)54-3)13-16-35-17-19-39(52)25-37(35)8-4-5-12-48-38(30-59)26-40(64-48)20-14-34-15-22-46(61)49(24-34)63-31-47(62)45-27-42-43(57-45)21-18-36-9-6-10-41(36)50(42)44(11-7-23-58)55-29-33(2)60/h15,22,24,26-27,32-33,35-37,39,41,44,47,50,55,57-62H,4-14,16-21,23,25,28-31,52H2,1-3H3,(H3,53,54,56)/t32-,33+,35-,36-,37-,39-,41+,44+,47+,50+/m1/s1. The molecule has 6 rings (SSSR count). The van der Waals surface area contributed by atoms with E-state index in [0.717, 1.165) is 106 Å². The van der Waals surface area contributed by atoms with Crippen molar-refractivity contribution in [2.24, 2.45) is 46.0 Å². The fourth-order valence-corrected chi connectivity index (χ4v) is 11.3. The Morgan fingerprint density at radius 2 is 1.80 bits per heavy atom. The SMILES string of the molecule is CN=C(N)NC[C@H](C)CC[C@@H]1CC[C@@H](N)C[C@H]1CCCCc1oc(CCc2ccc(O)c(OC[C@H](O)c3cc4c([nH]3)CC[C@H]3CCC[C@@H]3[C@@H]4[C@H](CCCO)NC[C@H](C)O)c2)cc1CO. The molecule has 10 atom stereocenters. The number of aromatic amines is 1. The van der Waals surface area contributed by atoms with Crippen molar-refractivity contribution in [3.05, 3.63) is 69.9 Å². The Kier molecular flexibility index (Phi) is 19.3. The van der Waals surface area contributed by atoms with Gasteiger partial charge in [0.25, 0.3) is 0 Å². The van der Waals surface area contributed by atoms with Gasteiger partial charge in [0.05, 0.1) is 12.7 Å². The van der Waals surface area contributed by atoms with Crippen molar-refractivity contribution in [1.29, 1.82) is 0 Å². The molecule has 13 nitrogen and oxygen atoms in total. The predicted molar refractivity (Wildman–Crippen MR) is 253 cm³/mol. The molecule has 0 unspecified atom stereocenters. The number of aromatic hydroxyl groups is 1. The van der Waals surface area contributed by atoms with Crippen molar-refractivity contribution in [1.82, 2.24) is 15.6 Å². The highest BCUT2D eigenvalue weighted by Crippen LogP contribution is 2.49. The summed E-state index contributed by atoms with van der Waals surface area (Å²) >= 11 is 0. The van der Waals surface area contributed by atoms with Crippen LogP contribution in [0.3, 0.4) is 0 Å². The number of nitrogens with one attached hydrogen (secondary N) is 3. The maximum Gasteiger partial charge on any atom is 0.188 e. The Hall–Kier alpha value is -3.59. The van der Waals surface area contributed by atoms with Gasteiger partial charge in [-0.2, -0.15) is 0 Å². The monoisotopic (exact) mass is 891 g/mol. The van der Waals surface area contributed by atoms with Gasteiger partial charge in [-0.1, -0.05) is 38.7 Å². The average Bonchev–Trinajstić information content (AvgIpc) is 4.03. The normalized spacial score (nSPS) is 24.4. The summed E-state index contributed by atoms with van der Waals surface area (Å²) in [5.74, 6) is 5.76. The molecule has 0 aliphatic heterocycles. The molecule has 0 radical (unpaired) electrons. The molecular formula is C51H82N6O7. The largest absolute Gasteiger partial charge is 0.504 e. The van der Waals surface area contributed by atoms with Gasteiger partial charge in [-0.15, -0.1) is 0 Å². The zero-order chi connectivity index (χ0) is 45.6. The maximum absolute atomic E-state index is 11.5. The lowest BCUT2D eigenvalue weighted by Crippen LogP contribution is -2.42. The lowest BCUT2D eigenvalue weighted by Gasteiger charge is -2.35. The number of hydrogen-bond acceptors (Lipinski definition) is 10. The number of phenolic OH excluding ortho intramolecular Hbond substituents is 1. The number of aliphatic hydroxyl groups excluding tert-OH is 4. The number of rotatable bonds is 25. The number of phenols is 1. The number of nitrogens with two attached hydrogens (primary N) is 2. The minimum absolute atomic E-state index is 0.0150. The van der Waals surface area contributed by atoms with Crippen molar-refractivity contribution in [3.8, 4) is 11.5 Å². The number of benzene rings is 1. The maximum atomic E-state index is 11.5. The Morgan fingerprint density at radius 1 is 0.953 bits per heavy atom. The van der Waals surface area contributed by atoms with Crippen LogP contribution in [0.25, 0.3) is 0 Å². The van der Waals surface area contributed by atoms with Gasteiger partial charge in [-0.25, -0.2) is 0 Å². The van der Waals surface area contributed by atoms with Crippen LogP contribution in [0, 0.1) is 29.6 Å². The third kappa shape index (κ3) is 14.0. The number of fused-ring (bicyclic) bond motifs is 2. The summed E-state index contributed by atoms with van der Waals surface area (Å²) in [6.07, 6.45) is 16.9. The minimum Gasteiger partial charge on any atom is -0.504 e. The van der Waals surface area contributed by atoms with Gasteiger partial charge in [0, 0.05) is 74.5 Å². The molecule has 1 aromatic carbocycles. The molecule has 3 aliphatic carbocycles. The third-order valence-corrected chi connectivity index (χ3v) is 14.9. The number of hydrogen-bond donors (Lipinski definition) is 10. The summed E-state index contributed by atoms with van der Waals surface area (Å²) in [6, 6.07) is 9.84. The van der Waals surface area contributed by atoms with Crippen molar-refractivity contribution < 1.29 is 34.7 Å². The first-order chi connectivity index (χ1) is 31.0. The number of aryl methyl sites for hydroxylation is 4. The Balaban J connectivity index is 1.01. The Bertz CT molecular complexity index is 1880. The zero-order valence-electron chi connectivity index (χ0n) is 39.1. The topological polar surface area (TPSA) is 228 Å². The molecule has 0 bridgehead atoms. The molecular weight excluding hydrogens is 809 g/mol. The molecule has 3 aliphatic rings. The highest BCUT2D eigenvalue weighted by atomic mass is 16.5. The number of unbranched alkanes of at least 4 members (excludes halogenated alkanes) is 1. The molecule has 2 saturated carbocycles. The van der Waals surface area contributed by atoms with Crippen LogP contribution in [0.15, 0.2) is 39.7 Å². The van der Waals surface area contributed by atoms with Crippen molar-refractivity contribution in [3.63, 3.8) is 0 Å². The highest BCUT2D eigenvalue weighted by Gasteiger charge is 2.42. The fraction of sp³-hybridized carbons (Fsp3) is 0.706. The summed E-state index contributed by atoms with van der Waals surface area (Å²) in [5.41, 5.74) is 17.2. The van der Waals surface area contributed by atoms with Crippen molar-refractivity contribution in [2.45, 2.75) is 166 Å². The van der Waals surface area contributed by atoms with Gasteiger partial charge < -0.3 is 61.8 Å². The molecule has 0 amide bonds. The van der Waals surface area contributed by atoms with Crippen LogP contribution in [0.2, 0.25) is 0 Å². The van der Waals surface area contributed by atoms with Crippen LogP contribution in [0.1, 0.15) is 155 Å². The number of aliphatic imine (C=N–C) groups is 1. The zero-order valence-corrected chi connectivity index (χ0v) is 39.1. The van der Waals surface area contributed by atoms with E-state index in [1.54, 1.807) is 20.0 Å². The first-order valence-corrected chi connectivity index (χ1v) is 24.8. The number of aliphatic hydroxyl groups is 4. The van der Waals surface area contributed by atoms with Crippen LogP contribution in [0.4, 0.5) is 0 Å². The molecule has 64 heavy (non-hydrogen) atoms. The quantitative estimate of drug-likeness (QED) is 0.0246. The van der Waals surface area contributed by atoms with E-state index in [1.807, 2.05) is 18.2 Å². The van der Waals surface area contributed by atoms with Crippen molar-refractivity contribution in [2.75, 3.05) is 33.4 Å². The predicted octanol–water partition coefficient (Wildman–Crippen LogP) is 6.67. The second-order valence-electron chi connectivity index (χ2n) is 19.8. The van der Waals surface area contributed by atoms with Crippen LogP contribution in [-0.4, -0.2) is 88.0 Å². The number of ether oxygens (including phenoxy) is 1. The molecule has 2 heterocycles. The molecule has 3 aromatic rings. The van der Waals surface area contributed by atoms with E-state index >= 15 is 0 Å². The summed E-state index contributed by atoms with van der Waals surface area (Å²) in [7, 11) is 1.70. The van der Waals surface area contributed by atoms with E-state index in [9.17, 15) is 25.5 Å². The van der Waals surface area contributed by atoms with Gasteiger partial charge in [-0.3, -0.25) is 4.99 Å². The second kappa shape index (κ2) is 24.8. The van der Waals surface area contributed by atoms with Crippen LogP contribution >= 0.6 is 0 Å². The summed E-state index contributed by atoms with van der Waals surface area (Å²) in [4.78, 5) is 7.57. The minimum atomic E-state index is -0.931. The van der Waals surface area contributed by atoms with E-state index < -0.39 is 12.2 Å². The van der Waals surface area contributed by atoms with Gasteiger partial charge >= 0.3 is 0 Å². The van der Waals surface area contributed by atoms with E-state index in [2.05, 4.69) is 33.6 Å². The first-order valence-electron chi connectivity index (χ1n) is 24.8. The van der Waals surface area contributed by atoms with E-state index in [0.29, 0.717) is 78.8 Å². The molecule has 2 fully saturated rings. The van der Waals surface area contributed by atoms with Crippen LogP contribution in [0.5, 0.6) is 11.5 Å². The van der Waals surface area contributed by atoms with Gasteiger partial charge in [-0.05, 0) is 149 Å². The second-order valence-corrected chi connectivity index (χ2v) is 19.8. The van der Waals surface area contributed by atoms with Crippen LogP contribution in [-0.2, 0) is 32.3 Å². The summed E-state index contributed by atoms with van der Waals surface area (Å²) in [6.45, 7) is 5.44. The Labute approximate surface area is 382 Å². The number of furan rings is 1. The smallest absolute Gasteiger partial charge is 0.188 e. The third-order valence-electron chi connectivity index (χ3n) is 14.9. The molecule has 12 N–H and O–H groups in total.